The minimum atomic E-state index is -0.631. The molecule has 0 spiro atoms. The van der Waals surface area contributed by atoms with Gasteiger partial charge in [-0.1, -0.05) is 18.2 Å². The molecule has 0 aliphatic heterocycles. The molecule has 1 aromatic carbocycles. The predicted octanol–water partition coefficient (Wildman–Crippen LogP) is 1.99. The number of nitro groups is 1. The Balaban J connectivity index is 2.08. The lowest BCUT2D eigenvalue weighted by Crippen LogP contribution is -2.23. The minimum absolute atomic E-state index is 0.139. The number of amides is 1. The van der Waals surface area contributed by atoms with Gasteiger partial charge in [0.25, 0.3) is 0 Å². The molecular weight excluding hydrogens is 248 g/mol. The van der Waals surface area contributed by atoms with Gasteiger partial charge in [-0.2, -0.15) is 5.10 Å². The highest BCUT2D eigenvalue weighted by Gasteiger charge is 2.18. The van der Waals surface area contributed by atoms with Gasteiger partial charge in [-0.3, -0.25) is 19.6 Å². The van der Waals surface area contributed by atoms with Crippen LogP contribution >= 0.6 is 0 Å². The summed E-state index contributed by atoms with van der Waals surface area (Å²) in [6.45, 7) is 1.62. The lowest BCUT2D eigenvalue weighted by Gasteiger charge is -2.12. The minimum Gasteiger partial charge on any atom is -0.324 e. The van der Waals surface area contributed by atoms with E-state index in [1.54, 1.807) is 31.2 Å². The molecule has 1 amide bonds. The van der Waals surface area contributed by atoms with Crippen LogP contribution in [-0.4, -0.2) is 20.6 Å². The van der Waals surface area contributed by atoms with Crippen molar-refractivity contribution in [2.75, 3.05) is 5.32 Å². The topological polar surface area (TPSA) is 90.1 Å². The van der Waals surface area contributed by atoms with Crippen molar-refractivity contribution in [3.8, 4) is 0 Å². The number of aromatic nitrogens is 2. The van der Waals surface area contributed by atoms with Crippen LogP contribution in [0.3, 0.4) is 0 Å². The Morgan fingerprint density at radius 1 is 1.42 bits per heavy atom. The highest BCUT2D eigenvalue weighted by molar-refractivity contribution is 5.93. The normalized spacial score (nSPS) is 11.8. The van der Waals surface area contributed by atoms with Crippen molar-refractivity contribution in [3.63, 3.8) is 0 Å². The number of nitrogens with one attached hydrogen (secondary N) is 1. The average molecular weight is 260 g/mol. The second kappa shape index (κ2) is 5.30. The molecular formula is C12H12N4O3. The SMILES string of the molecule is C[C@@H](C(=O)Nc1ccccc1)n1cc([N+](=O)[O-])cn1. The van der Waals surface area contributed by atoms with Crippen LogP contribution in [0.5, 0.6) is 0 Å². The van der Waals surface area contributed by atoms with Gasteiger partial charge in [-0.25, -0.2) is 0 Å². The van der Waals surface area contributed by atoms with Gasteiger partial charge in [0.2, 0.25) is 5.91 Å². The summed E-state index contributed by atoms with van der Waals surface area (Å²) in [5.74, 6) is -0.288. The summed E-state index contributed by atoms with van der Waals surface area (Å²) in [5, 5.41) is 17.1. The van der Waals surface area contributed by atoms with Crippen LogP contribution < -0.4 is 5.32 Å². The quantitative estimate of drug-likeness (QED) is 0.672. The number of hydrogen-bond acceptors (Lipinski definition) is 4. The Hall–Kier alpha value is -2.70. The Kier molecular flexibility index (Phi) is 3.56. The van der Waals surface area contributed by atoms with E-state index in [4.69, 9.17) is 0 Å². The molecule has 2 rings (SSSR count). The Morgan fingerprint density at radius 3 is 2.68 bits per heavy atom. The third kappa shape index (κ3) is 2.95. The van der Waals surface area contributed by atoms with Gasteiger partial charge in [0, 0.05) is 5.69 Å². The molecule has 0 saturated carbocycles. The Morgan fingerprint density at radius 2 is 2.11 bits per heavy atom. The van der Waals surface area contributed by atoms with Crippen molar-refractivity contribution in [1.29, 1.82) is 0 Å². The van der Waals surface area contributed by atoms with Gasteiger partial charge >= 0.3 is 5.69 Å². The molecule has 7 nitrogen and oxygen atoms in total. The first-order valence-corrected chi connectivity index (χ1v) is 5.62. The summed E-state index contributed by atoms with van der Waals surface area (Å²) in [4.78, 5) is 21.9. The number of carbonyl (C=O) groups is 1. The zero-order valence-corrected chi connectivity index (χ0v) is 10.2. The van der Waals surface area contributed by atoms with Gasteiger partial charge in [-0.05, 0) is 19.1 Å². The van der Waals surface area contributed by atoms with Crippen molar-refractivity contribution >= 4 is 17.3 Å². The van der Waals surface area contributed by atoms with Crippen LogP contribution in [0.25, 0.3) is 0 Å². The van der Waals surface area contributed by atoms with Crippen LogP contribution in [0.4, 0.5) is 11.4 Å². The summed E-state index contributed by atoms with van der Waals surface area (Å²) < 4.78 is 1.26. The van der Waals surface area contributed by atoms with Gasteiger partial charge in [0.05, 0.1) is 4.92 Å². The van der Waals surface area contributed by atoms with E-state index in [2.05, 4.69) is 10.4 Å². The molecule has 0 saturated heterocycles. The first kappa shape index (κ1) is 12.7. The fourth-order valence-corrected chi connectivity index (χ4v) is 1.52. The maximum absolute atomic E-state index is 12.0. The van der Waals surface area contributed by atoms with Gasteiger partial charge in [0.1, 0.15) is 18.4 Å². The molecule has 7 heteroatoms. The van der Waals surface area contributed by atoms with Crippen molar-refractivity contribution in [3.05, 3.63) is 52.8 Å². The van der Waals surface area contributed by atoms with Crippen LogP contribution in [0.15, 0.2) is 42.7 Å². The Bertz CT molecular complexity index is 594. The molecule has 0 radical (unpaired) electrons. The van der Waals surface area contributed by atoms with E-state index in [1.807, 2.05) is 6.07 Å². The monoisotopic (exact) mass is 260 g/mol. The fourth-order valence-electron chi connectivity index (χ4n) is 1.52. The maximum atomic E-state index is 12.0. The molecule has 98 valence electrons. The van der Waals surface area contributed by atoms with E-state index in [-0.39, 0.29) is 11.6 Å². The van der Waals surface area contributed by atoms with E-state index in [0.717, 1.165) is 6.20 Å². The van der Waals surface area contributed by atoms with E-state index in [9.17, 15) is 14.9 Å². The van der Waals surface area contributed by atoms with E-state index in [0.29, 0.717) is 5.69 Å². The van der Waals surface area contributed by atoms with Gasteiger partial charge in [-0.15, -0.1) is 0 Å². The van der Waals surface area contributed by atoms with Crippen LogP contribution in [0.1, 0.15) is 13.0 Å². The standard InChI is InChI=1S/C12H12N4O3/c1-9(15-8-11(7-13-15)16(18)19)12(17)14-10-5-3-2-4-6-10/h2-9H,1H3,(H,14,17)/t9-/m0/s1. The number of para-hydroxylation sites is 1. The van der Waals surface area contributed by atoms with E-state index >= 15 is 0 Å². The molecule has 0 aliphatic carbocycles. The molecule has 2 aromatic rings. The number of nitrogens with zero attached hydrogens (tertiary/aromatic N) is 3. The predicted molar refractivity (Wildman–Crippen MR) is 68.7 cm³/mol. The second-order valence-corrected chi connectivity index (χ2v) is 3.97. The number of anilines is 1. The lowest BCUT2D eigenvalue weighted by molar-refractivity contribution is -0.385. The number of benzene rings is 1. The Labute approximate surface area is 109 Å². The van der Waals surface area contributed by atoms with Crippen molar-refractivity contribution in [1.82, 2.24) is 9.78 Å². The summed E-state index contributed by atoms with van der Waals surface area (Å²) in [6, 6.07) is 8.34. The van der Waals surface area contributed by atoms with Gasteiger partial charge in [0.15, 0.2) is 0 Å². The summed E-state index contributed by atoms with van der Waals surface area (Å²) in [7, 11) is 0. The molecule has 19 heavy (non-hydrogen) atoms. The fraction of sp³-hybridized carbons (Fsp3) is 0.167. The second-order valence-electron chi connectivity index (χ2n) is 3.97. The van der Waals surface area contributed by atoms with E-state index < -0.39 is 11.0 Å². The molecule has 1 atom stereocenters. The zero-order chi connectivity index (χ0) is 13.8. The van der Waals surface area contributed by atoms with Crippen LogP contribution in [0.2, 0.25) is 0 Å². The van der Waals surface area contributed by atoms with E-state index in [1.165, 1.54) is 10.9 Å². The first-order chi connectivity index (χ1) is 9.08. The third-order valence-corrected chi connectivity index (χ3v) is 2.62. The number of carbonyl (C=O) groups excluding carboxylic acids is 1. The summed E-state index contributed by atoms with van der Waals surface area (Å²) in [5.41, 5.74) is 0.528. The lowest BCUT2D eigenvalue weighted by atomic mass is 10.3. The zero-order valence-electron chi connectivity index (χ0n) is 10.2. The maximum Gasteiger partial charge on any atom is 0.307 e. The number of hydrogen-bond donors (Lipinski definition) is 1. The third-order valence-electron chi connectivity index (χ3n) is 2.62. The molecule has 1 N–H and O–H groups in total. The van der Waals surface area contributed by atoms with Crippen molar-refractivity contribution in [2.24, 2.45) is 0 Å². The molecule has 0 bridgehead atoms. The van der Waals surface area contributed by atoms with Gasteiger partial charge < -0.3 is 5.32 Å². The molecule has 1 aromatic heterocycles. The van der Waals surface area contributed by atoms with Crippen molar-refractivity contribution < 1.29 is 9.72 Å². The van der Waals surface area contributed by atoms with Crippen LogP contribution in [-0.2, 0) is 4.79 Å². The molecule has 0 fully saturated rings. The summed E-state index contributed by atoms with van der Waals surface area (Å²) in [6.07, 6.45) is 2.35. The smallest absolute Gasteiger partial charge is 0.307 e. The average Bonchev–Trinajstić information content (AvgIpc) is 2.88. The molecule has 0 aliphatic rings. The first-order valence-electron chi connectivity index (χ1n) is 5.62. The van der Waals surface area contributed by atoms with Crippen LogP contribution in [0, 0.1) is 10.1 Å². The van der Waals surface area contributed by atoms with Crippen molar-refractivity contribution in [2.45, 2.75) is 13.0 Å². The largest absolute Gasteiger partial charge is 0.324 e. The number of rotatable bonds is 4. The highest BCUT2D eigenvalue weighted by atomic mass is 16.6. The molecule has 0 unspecified atom stereocenters. The molecule has 1 heterocycles. The highest BCUT2D eigenvalue weighted by Crippen LogP contribution is 2.15. The summed E-state index contributed by atoms with van der Waals surface area (Å²) >= 11 is 0.